The molecule has 4 nitrogen and oxygen atoms in total. The van der Waals surface area contributed by atoms with Gasteiger partial charge in [-0.1, -0.05) is 12.2 Å². The maximum Gasteiger partial charge on any atom is 0.240 e. The van der Waals surface area contributed by atoms with Crippen LogP contribution in [0, 0.1) is 0 Å². The molecule has 0 atom stereocenters. The van der Waals surface area contributed by atoms with E-state index < -0.39 is 10.0 Å². The van der Waals surface area contributed by atoms with Crippen molar-refractivity contribution in [3.8, 4) is 0 Å². The highest BCUT2D eigenvalue weighted by Gasteiger charge is 2.27. The summed E-state index contributed by atoms with van der Waals surface area (Å²) in [7, 11) is -3.33. The molecule has 0 unspecified atom stereocenters. The Kier molecular flexibility index (Phi) is 4.61. The molecule has 5 heteroatoms. The Morgan fingerprint density at radius 2 is 1.95 bits per heavy atom. The Balaban J connectivity index is 1.93. The van der Waals surface area contributed by atoms with Gasteiger partial charge in [-0.15, -0.1) is 0 Å². The maximum absolute atomic E-state index is 12.0. The van der Waals surface area contributed by atoms with E-state index >= 15 is 0 Å². The number of anilines is 1. The van der Waals surface area contributed by atoms with Crippen LogP contribution in [0.25, 0.3) is 0 Å². The zero-order chi connectivity index (χ0) is 13.7. The van der Waals surface area contributed by atoms with E-state index in [1.165, 1.54) is 0 Å². The highest BCUT2D eigenvalue weighted by molar-refractivity contribution is 7.89. The quantitative estimate of drug-likeness (QED) is 0.596. The van der Waals surface area contributed by atoms with Crippen molar-refractivity contribution < 1.29 is 8.42 Å². The number of nitrogens with one attached hydrogen (secondary N) is 2. The van der Waals surface area contributed by atoms with Crippen LogP contribution in [-0.2, 0) is 10.0 Å². The number of sulfonamides is 1. The molecule has 0 amide bonds. The first-order chi connectivity index (χ1) is 9.12. The van der Waals surface area contributed by atoms with Crippen molar-refractivity contribution in [1.29, 1.82) is 0 Å². The van der Waals surface area contributed by atoms with Crippen molar-refractivity contribution in [2.45, 2.75) is 37.1 Å². The van der Waals surface area contributed by atoms with Crippen LogP contribution in [0.2, 0.25) is 0 Å². The van der Waals surface area contributed by atoms with E-state index in [4.69, 9.17) is 0 Å². The number of allylic oxidation sites excluding steroid dienone is 1. The molecule has 1 fully saturated rings. The van der Waals surface area contributed by atoms with Gasteiger partial charge in [-0.2, -0.15) is 0 Å². The summed E-state index contributed by atoms with van der Waals surface area (Å²) in [5, 5.41) is 3.24. The molecule has 104 valence electrons. The highest BCUT2D eigenvalue weighted by Crippen LogP contribution is 2.22. The van der Waals surface area contributed by atoms with Gasteiger partial charge >= 0.3 is 0 Å². The van der Waals surface area contributed by atoms with Gasteiger partial charge < -0.3 is 5.32 Å². The number of hydrogen-bond acceptors (Lipinski definition) is 3. The molecule has 19 heavy (non-hydrogen) atoms. The van der Waals surface area contributed by atoms with Gasteiger partial charge in [0.05, 0.1) is 4.90 Å². The largest absolute Gasteiger partial charge is 0.385 e. The first-order valence-electron chi connectivity index (χ1n) is 6.59. The fourth-order valence-corrected chi connectivity index (χ4v) is 3.01. The first-order valence-corrected chi connectivity index (χ1v) is 8.07. The standard InChI is InChI=1S/C14H20N2O2S/c1-2-3-4-11-15-12-7-9-14(10-8-12)19(17,18)16-13-5-6-13/h2-3,7-10,13,15-16H,4-6,11H2,1H3/b3-2+. The predicted octanol–water partition coefficient (Wildman–Crippen LogP) is 2.51. The minimum atomic E-state index is -3.33. The van der Waals surface area contributed by atoms with E-state index in [0.29, 0.717) is 4.90 Å². The fraction of sp³-hybridized carbons (Fsp3) is 0.429. The maximum atomic E-state index is 12.0. The smallest absolute Gasteiger partial charge is 0.240 e. The number of benzene rings is 1. The second-order valence-corrected chi connectivity index (χ2v) is 6.42. The van der Waals surface area contributed by atoms with E-state index in [1.807, 2.05) is 13.0 Å². The Bertz CT molecular complexity index is 531. The molecule has 0 bridgehead atoms. The van der Waals surface area contributed by atoms with Crippen LogP contribution >= 0.6 is 0 Å². The van der Waals surface area contributed by atoms with Gasteiger partial charge in [-0.3, -0.25) is 0 Å². The van der Waals surface area contributed by atoms with Crippen molar-refractivity contribution in [3.05, 3.63) is 36.4 Å². The topological polar surface area (TPSA) is 58.2 Å². The summed E-state index contributed by atoms with van der Waals surface area (Å²) in [4.78, 5) is 0.332. The van der Waals surface area contributed by atoms with E-state index in [9.17, 15) is 8.42 Å². The van der Waals surface area contributed by atoms with Crippen LogP contribution in [0.4, 0.5) is 5.69 Å². The van der Waals surface area contributed by atoms with Gasteiger partial charge in [0.25, 0.3) is 0 Å². The van der Waals surface area contributed by atoms with E-state index in [1.54, 1.807) is 24.3 Å². The zero-order valence-corrected chi connectivity index (χ0v) is 11.9. The second kappa shape index (κ2) is 6.21. The molecule has 0 heterocycles. The van der Waals surface area contributed by atoms with E-state index in [0.717, 1.165) is 31.5 Å². The normalized spacial score (nSPS) is 15.8. The van der Waals surface area contributed by atoms with Crippen molar-refractivity contribution in [1.82, 2.24) is 4.72 Å². The number of rotatable bonds is 7. The van der Waals surface area contributed by atoms with Crippen LogP contribution in [0.15, 0.2) is 41.3 Å². The molecule has 1 aliphatic rings. The van der Waals surface area contributed by atoms with Crippen LogP contribution < -0.4 is 10.0 Å². The van der Waals surface area contributed by atoms with Crippen molar-refractivity contribution in [3.63, 3.8) is 0 Å². The monoisotopic (exact) mass is 280 g/mol. The second-order valence-electron chi connectivity index (χ2n) is 4.70. The molecule has 0 saturated heterocycles. The van der Waals surface area contributed by atoms with Crippen LogP contribution in [0.1, 0.15) is 26.2 Å². The zero-order valence-electron chi connectivity index (χ0n) is 11.1. The summed E-state index contributed by atoms with van der Waals surface area (Å²) in [6.45, 7) is 2.84. The molecule has 1 saturated carbocycles. The van der Waals surface area contributed by atoms with Gasteiger partial charge in [0.2, 0.25) is 10.0 Å². The van der Waals surface area contributed by atoms with Gasteiger partial charge in [0.1, 0.15) is 0 Å². The highest BCUT2D eigenvalue weighted by atomic mass is 32.2. The van der Waals surface area contributed by atoms with Crippen LogP contribution in [-0.4, -0.2) is 21.0 Å². The third-order valence-corrected chi connectivity index (χ3v) is 4.48. The van der Waals surface area contributed by atoms with Crippen molar-refractivity contribution in [2.24, 2.45) is 0 Å². The van der Waals surface area contributed by atoms with E-state index in [2.05, 4.69) is 16.1 Å². The lowest BCUT2D eigenvalue weighted by Gasteiger charge is -2.08. The van der Waals surface area contributed by atoms with Gasteiger partial charge in [0.15, 0.2) is 0 Å². The predicted molar refractivity (Wildman–Crippen MR) is 77.7 cm³/mol. The lowest BCUT2D eigenvalue weighted by Crippen LogP contribution is -2.25. The van der Waals surface area contributed by atoms with Crippen molar-refractivity contribution in [2.75, 3.05) is 11.9 Å². The Labute approximate surface area is 115 Å². The van der Waals surface area contributed by atoms with Crippen LogP contribution in [0.3, 0.4) is 0 Å². The first kappa shape index (κ1) is 14.1. The van der Waals surface area contributed by atoms with Gasteiger partial charge in [-0.05, 0) is 50.5 Å². The average Bonchev–Trinajstić information content (AvgIpc) is 3.18. The SMILES string of the molecule is C/C=C/CCNc1ccc(S(=O)(=O)NC2CC2)cc1. The molecule has 0 spiro atoms. The third-order valence-electron chi connectivity index (χ3n) is 2.94. The minimum Gasteiger partial charge on any atom is -0.385 e. The Morgan fingerprint density at radius 1 is 1.26 bits per heavy atom. The summed E-state index contributed by atoms with van der Waals surface area (Å²) < 4.78 is 26.6. The molecular formula is C14H20N2O2S. The van der Waals surface area contributed by atoms with Crippen LogP contribution in [0.5, 0.6) is 0 Å². The molecule has 0 aromatic heterocycles. The van der Waals surface area contributed by atoms with Gasteiger partial charge in [-0.25, -0.2) is 13.1 Å². The summed E-state index contributed by atoms with van der Waals surface area (Å²) in [5.41, 5.74) is 0.940. The Hall–Kier alpha value is -1.33. The summed E-state index contributed by atoms with van der Waals surface area (Å²) >= 11 is 0. The van der Waals surface area contributed by atoms with E-state index in [-0.39, 0.29) is 6.04 Å². The molecular weight excluding hydrogens is 260 g/mol. The van der Waals surface area contributed by atoms with Crippen molar-refractivity contribution >= 4 is 15.7 Å². The number of hydrogen-bond donors (Lipinski definition) is 2. The minimum absolute atomic E-state index is 0.142. The Morgan fingerprint density at radius 3 is 2.53 bits per heavy atom. The van der Waals surface area contributed by atoms with Gasteiger partial charge in [0, 0.05) is 18.3 Å². The molecule has 1 aliphatic carbocycles. The summed E-state index contributed by atoms with van der Waals surface area (Å²) in [6, 6.07) is 7.03. The summed E-state index contributed by atoms with van der Waals surface area (Å²) in [5.74, 6) is 0. The lowest BCUT2D eigenvalue weighted by molar-refractivity contribution is 0.581. The molecule has 2 N–H and O–H groups in total. The molecule has 2 rings (SSSR count). The molecule has 1 aromatic rings. The third kappa shape index (κ3) is 4.36. The molecule has 1 aromatic carbocycles. The fourth-order valence-electron chi connectivity index (χ4n) is 1.71. The average molecular weight is 280 g/mol. The lowest BCUT2D eigenvalue weighted by atomic mass is 10.3. The molecule has 0 radical (unpaired) electrons. The summed E-state index contributed by atoms with van der Waals surface area (Å²) in [6.07, 6.45) is 6.96. The molecule has 0 aliphatic heterocycles.